The third-order valence-corrected chi connectivity index (χ3v) is 4.04. The normalized spacial score (nSPS) is 10.4. The molecule has 0 radical (unpaired) electrons. The Kier molecular flexibility index (Phi) is 5.21. The summed E-state index contributed by atoms with van der Waals surface area (Å²) in [7, 11) is 1.47. The molecule has 0 aliphatic heterocycles. The van der Waals surface area contributed by atoms with Crippen LogP contribution in [0.15, 0.2) is 54.6 Å². The highest BCUT2D eigenvalue weighted by Crippen LogP contribution is 2.31. The second-order valence-corrected chi connectivity index (χ2v) is 5.72. The molecule has 0 aromatic heterocycles. The molecule has 3 rings (SSSR count). The molecule has 0 heterocycles. The summed E-state index contributed by atoms with van der Waals surface area (Å²) in [5, 5.41) is 15.8. The van der Waals surface area contributed by atoms with Crippen LogP contribution in [0.2, 0.25) is 0 Å². The van der Waals surface area contributed by atoms with Gasteiger partial charge in [-0.25, -0.2) is 0 Å². The summed E-state index contributed by atoms with van der Waals surface area (Å²) >= 11 is 0. The maximum absolute atomic E-state index is 12.8. The Morgan fingerprint density at radius 1 is 1.11 bits per heavy atom. The molecule has 7 heteroatoms. The molecule has 1 amide bonds. The van der Waals surface area contributed by atoms with Crippen LogP contribution >= 0.6 is 0 Å². The average Bonchev–Trinajstić information content (AvgIpc) is 2.68. The fourth-order valence-corrected chi connectivity index (χ4v) is 2.78. The molecule has 3 aromatic rings. The van der Waals surface area contributed by atoms with Gasteiger partial charge in [0, 0.05) is 0 Å². The minimum Gasteiger partial charge on any atom is -0.496 e. The first-order chi connectivity index (χ1) is 13.0. The van der Waals surface area contributed by atoms with E-state index in [-0.39, 0.29) is 11.4 Å². The van der Waals surface area contributed by atoms with Gasteiger partial charge in [-0.15, -0.1) is 0 Å². The lowest BCUT2D eigenvalue weighted by molar-refractivity contribution is -0.384. The first-order valence-corrected chi connectivity index (χ1v) is 8.33. The Balaban J connectivity index is 1.98. The molecule has 138 valence electrons. The average molecular weight is 366 g/mol. The lowest BCUT2D eigenvalue weighted by Crippen LogP contribution is -2.14. The van der Waals surface area contributed by atoms with Gasteiger partial charge >= 0.3 is 0 Å². The summed E-state index contributed by atoms with van der Waals surface area (Å²) < 4.78 is 10.6. The molecule has 1 N–H and O–H groups in total. The van der Waals surface area contributed by atoms with Crippen LogP contribution in [0, 0.1) is 10.1 Å². The number of carbonyl (C=O) groups is 1. The smallest absolute Gasteiger partial charge is 0.296 e. The Morgan fingerprint density at radius 2 is 1.81 bits per heavy atom. The summed E-state index contributed by atoms with van der Waals surface area (Å²) in [6.45, 7) is 2.17. The van der Waals surface area contributed by atoms with Crippen molar-refractivity contribution < 1.29 is 19.2 Å². The quantitative estimate of drug-likeness (QED) is 0.515. The number of amides is 1. The van der Waals surface area contributed by atoms with Gasteiger partial charge < -0.3 is 14.8 Å². The van der Waals surface area contributed by atoms with Crippen molar-refractivity contribution in [1.82, 2.24) is 0 Å². The number of methoxy groups -OCH3 is 1. The fraction of sp³-hybridized carbons (Fsp3) is 0.150. The van der Waals surface area contributed by atoms with Gasteiger partial charge in [0.15, 0.2) is 0 Å². The van der Waals surface area contributed by atoms with E-state index < -0.39 is 10.8 Å². The van der Waals surface area contributed by atoms with Crippen molar-refractivity contribution in [3.8, 4) is 11.5 Å². The molecule has 0 fully saturated rings. The number of hydrogen-bond donors (Lipinski definition) is 1. The highest BCUT2D eigenvalue weighted by atomic mass is 16.6. The van der Waals surface area contributed by atoms with E-state index in [1.807, 2.05) is 24.3 Å². The molecule has 0 aliphatic carbocycles. The third kappa shape index (κ3) is 3.82. The van der Waals surface area contributed by atoms with Gasteiger partial charge in [0.05, 0.1) is 30.3 Å². The van der Waals surface area contributed by atoms with E-state index in [1.54, 1.807) is 25.1 Å². The molecule has 7 nitrogen and oxygen atoms in total. The largest absolute Gasteiger partial charge is 0.496 e. The van der Waals surface area contributed by atoms with Crippen LogP contribution in [0.3, 0.4) is 0 Å². The topological polar surface area (TPSA) is 90.7 Å². The van der Waals surface area contributed by atoms with E-state index in [0.717, 1.165) is 10.8 Å². The number of fused-ring (bicyclic) bond motifs is 1. The number of benzene rings is 3. The Labute approximate surface area is 155 Å². The lowest BCUT2D eigenvalue weighted by Gasteiger charge is -2.12. The Morgan fingerprint density at radius 3 is 2.44 bits per heavy atom. The molecule has 3 aromatic carbocycles. The van der Waals surface area contributed by atoms with E-state index >= 15 is 0 Å². The molecule has 0 atom stereocenters. The molecule has 0 saturated heterocycles. The Bertz CT molecular complexity index is 1020. The number of nitro benzene ring substituents is 1. The molecule has 0 saturated carbocycles. The third-order valence-electron chi connectivity index (χ3n) is 4.04. The van der Waals surface area contributed by atoms with Crippen molar-refractivity contribution in [2.45, 2.75) is 6.92 Å². The number of anilines is 1. The molecular formula is C20H18N2O5. The molecule has 0 spiro atoms. The summed E-state index contributed by atoms with van der Waals surface area (Å²) in [5.41, 5.74) is 0.136. The molecule has 27 heavy (non-hydrogen) atoms. The maximum Gasteiger partial charge on any atom is 0.296 e. The van der Waals surface area contributed by atoms with Gasteiger partial charge in [-0.3, -0.25) is 14.9 Å². The summed E-state index contributed by atoms with van der Waals surface area (Å²) in [6, 6.07) is 15.3. The lowest BCUT2D eigenvalue weighted by atomic mass is 10.1. The number of nitrogens with one attached hydrogen (secondary N) is 1. The number of nitrogens with zero attached hydrogens (tertiary/aromatic N) is 1. The number of rotatable bonds is 6. The standard InChI is InChI=1S/C20H18N2O5/c1-3-27-15-8-9-17(18(12-15)22(24)25)21-20(23)16-10-13-6-4-5-7-14(13)11-19(16)26-2/h4-12H,3H2,1-2H3,(H,21,23). The van der Waals surface area contributed by atoms with Crippen molar-refractivity contribution in [3.63, 3.8) is 0 Å². The highest BCUT2D eigenvalue weighted by Gasteiger charge is 2.20. The van der Waals surface area contributed by atoms with Crippen molar-refractivity contribution in [2.75, 3.05) is 19.0 Å². The number of carbonyl (C=O) groups excluding carboxylic acids is 1. The second kappa shape index (κ2) is 7.74. The zero-order chi connectivity index (χ0) is 19.4. The Hall–Kier alpha value is -3.61. The van der Waals surface area contributed by atoms with Gasteiger partial charge in [-0.2, -0.15) is 0 Å². The van der Waals surface area contributed by atoms with E-state index in [2.05, 4.69) is 5.32 Å². The number of nitro groups is 1. The zero-order valence-electron chi connectivity index (χ0n) is 14.9. The summed E-state index contributed by atoms with van der Waals surface area (Å²) in [4.78, 5) is 23.6. The van der Waals surface area contributed by atoms with Gasteiger partial charge in [0.25, 0.3) is 11.6 Å². The first kappa shape index (κ1) is 18.2. The molecular weight excluding hydrogens is 348 g/mol. The molecule has 0 unspecified atom stereocenters. The fourth-order valence-electron chi connectivity index (χ4n) is 2.78. The van der Waals surface area contributed by atoms with Crippen LogP contribution in [-0.2, 0) is 0 Å². The van der Waals surface area contributed by atoms with Gasteiger partial charge in [0.1, 0.15) is 17.2 Å². The van der Waals surface area contributed by atoms with Crippen LogP contribution in [0.25, 0.3) is 10.8 Å². The van der Waals surface area contributed by atoms with E-state index in [9.17, 15) is 14.9 Å². The van der Waals surface area contributed by atoms with Gasteiger partial charge in [0.2, 0.25) is 0 Å². The van der Waals surface area contributed by atoms with Gasteiger partial charge in [-0.1, -0.05) is 24.3 Å². The number of ether oxygens (including phenoxy) is 2. The predicted molar refractivity (Wildman–Crippen MR) is 103 cm³/mol. The van der Waals surface area contributed by atoms with E-state index in [0.29, 0.717) is 23.7 Å². The summed E-state index contributed by atoms with van der Waals surface area (Å²) in [6.07, 6.45) is 0. The number of hydrogen-bond acceptors (Lipinski definition) is 5. The monoisotopic (exact) mass is 366 g/mol. The minimum absolute atomic E-state index is 0.0867. The predicted octanol–water partition coefficient (Wildman–Crippen LogP) is 4.41. The highest BCUT2D eigenvalue weighted by molar-refractivity contribution is 6.09. The second-order valence-electron chi connectivity index (χ2n) is 5.72. The maximum atomic E-state index is 12.8. The SMILES string of the molecule is CCOc1ccc(NC(=O)c2cc3ccccc3cc2OC)c([N+](=O)[O-])c1. The minimum atomic E-state index is -0.560. The van der Waals surface area contributed by atoms with Crippen LogP contribution in [0.4, 0.5) is 11.4 Å². The van der Waals surface area contributed by atoms with Crippen LogP contribution in [-0.4, -0.2) is 24.5 Å². The van der Waals surface area contributed by atoms with Crippen LogP contribution < -0.4 is 14.8 Å². The zero-order valence-corrected chi connectivity index (χ0v) is 14.9. The van der Waals surface area contributed by atoms with Crippen molar-refractivity contribution >= 4 is 28.1 Å². The van der Waals surface area contributed by atoms with Crippen LogP contribution in [0.5, 0.6) is 11.5 Å². The van der Waals surface area contributed by atoms with E-state index in [4.69, 9.17) is 9.47 Å². The van der Waals surface area contributed by atoms with Crippen molar-refractivity contribution in [1.29, 1.82) is 0 Å². The van der Waals surface area contributed by atoms with E-state index in [1.165, 1.54) is 19.2 Å². The first-order valence-electron chi connectivity index (χ1n) is 8.33. The van der Waals surface area contributed by atoms with Crippen LogP contribution in [0.1, 0.15) is 17.3 Å². The summed E-state index contributed by atoms with van der Waals surface area (Å²) in [5.74, 6) is 0.259. The van der Waals surface area contributed by atoms with Gasteiger partial charge in [-0.05, 0) is 42.0 Å². The van der Waals surface area contributed by atoms with Crippen molar-refractivity contribution in [2.24, 2.45) is 0 Å². The molecule has 0 bridgehead atoms. The van der Waals surface area contributed by atoms with Crippen molar-refractivity contribution in [3.05, 3.63) is 70.3 Å². The molecule has 0 aliphatic rings.